The van der Waals surface area contributed by atoms with Crippen LogP contribution >= 0.6 is 0 Å². The van der Waals surface area contributed by atoms with Crippen molar-refractivity contribution >= 4 is 5.91 Å². The lowest BCUT2D eigenvalue weighted by molar-refractivity contribution is -0.00256. The van der Waals surface area contributed by atoms with E-state index in [1.165, 1.54) is 5.56 Å². The molecule has 2 heterocycles. The van der Waals surface area contributed by atoms with Gasteiger partial charge in [0.1, 0.15) is 0 Å². The average molecular weight is 294 g/mol. The SMILES string of the molecule is O=C1c2ccccc2C(O)N1C1CNCC1c1ccccc1. The summed E-state index contributed by atoms with van der Waals surface area (Å²) in [5.74, 6) is 0.131. The first-order valence-corrected chi connectivity index (χ1v) is 7.62. The number of aliphatic hydroxyl groups excluding tert-OH is 1. The smallest absolute Gasteiger partial charge is 0.256 e. The Balaban J connectivity index is 1.69. The van der Waals surface area contributed by atoms with Gasteiger partial charge in [-0.05, 0) is 11.6 Å². The molecule has 0 aromatic heterocycles. The highest BCUT2D eigenvalue weighted by molar-refractivity contribution is 5.99. The Morgan fingerprint density at radius 2 is 1.73 bits per heavy atom. The molecule has 0 spiro atoms. The topological polar surface area (TPSA) is 52.6 Å². The predicted molar refractivity (Wildman–Crippen MR) is 83.4 cm³/mol. The number of amides is 1. The molecule has 3 atom stereocenters. The molecule has 4 rings (SSSR count). The minimum absolute atomic E-state index is 0.0303. The Labute approximate surface area is 129 Å². The van der Waals surface area contributed by atoms with Gasteiger partial charge in [0.25, 0.3) is 5.91 Å². The maximum Gasteiger partial charge on any atom is 0.256 e. The fourth-order valence-electron chi connectivity index (χ4n) is 3.65. The van der Waals surface area contributed by atoms with Gasteiger partial charge >= 0.3 is 0 Å². The summed E-state index contributed by atoms with van der Waals surface area (Å²) in [5.41, 5.74) is 2.54. The van der Waals surface area contributed by atoms with E-state index in [-0.39, 0.29) is 17.9 Å². The fourth-order valence-corrected chi connectivity index (χ4v) is 3.65. The van der Waals surface area contributed by atoms with Crippen molar-refractivity contribution in [2.75, 3.05) is 13.1 Å². The maximum absolute atomic E-state index is 12.7. The second kappa shape index (κ2) is 5.23. The number of hydrogen-bond donors (Lipinski definition) is 2. The van der Waals surface area contributed by atoms with E-state index in [0.29, 0.717) is 17.7 Å². The van der Waals surface area contributed by atoms with E-state index in [1.54, 1.807) is 11.0 Å². The van der Waals surface area contributed by atoms with Crippen LogP contribution in [0.4, 0.5) is 0 Å². The zero-order valence-corrected chi connectivity index (χ0v) is 12.1. The second-order valence-corrected chi connectivity index (χ2v) is 5.92. The highest BCUT2D eigenvalue weighted by atomic mass is 16.3. The summed E-state index contributed by atoms with van der Waals surface area (Å²) in [5, 5.41) is 14.0. The first-order chi connectivity index (χ1) is 10.8. The lowest BCUT2D eigenvalue weighted by Gasteiger charge is -2.31. The molecule has 0 radical (unpaired) electrons. The molecule has 1 amide bonds. The Hall–Kier alpha value is -2.17. The molecule has 2 aromatic carbocycles. The number of nitrogens with one attached hydrogen (secondary N) is 1. The molecule has 4 heteroatoms. The summed E-state index contributed by atoms with van der Waals surface area (Å²) in [6, 6.07) is 17.5. The zero-order chi connectivity index (χ0) is 15.1. The van der Waals surface area contributed by atoms with E-state index >= 15 is 0 Å². The Kier molecular flexibility index (Phi) is 3.21. The lowest BCUT2D eigenvalue weighted by Crippen LogP contribution is -2.42. The molecule has 3 unspecified atom stereocenters. The fraction of sp³-hybridized carbons (Fsp3) is 0.278. The Morgan fingerprint density at radius 1 is 1.00 bits per heavy atom. The molecule has 0 bridgehead atoms. The molecule has 2 aliphatic rings. The third-order valence-electron chi connectivity index (χ3n) is 4.73. The van der Waals surface area contributed by atoms with Crippen LogP contribution in [0.2, 0.25) is 0 Å². The van der Waals surface area contributed by atoms with Crippen LogP contribution in [0.1, 0.15) is 33.6 Å². The van der Waals surface area contributed by atoms with E-state index in [0.717, 1.165) is 6.54 Å². The molecule has 112 valence electrons. The molecule has 1 saturated heterocycles. The van der Waals surface area contributed by atoms with Crippen LogP contribution in [0.15, 0.2) is 54.6 Å². The first-order valence-electron chi connectivity index (χ1n) is 7.62. The van der Waals surface area contributed by atoms with Crippen LogP contribution in [0.25, 0.3) is 0 Å². The number of fused-ring (bicyclic) bond motifs is 1. The van der Waals surface area contributed by atoms with Crippen molar-refractivity contribution in [3.05, 3.63) is 71.3 Å². The van der Waals surface area contributed by atoms with Crippen LogP contribution in [0.5, 0.6) is 0 Å². The molecule has 0 aliphatic carbocycles. The normalized spacial score (nSPS) is 27.2. The molecule has 2 aromatic rings. The number of carbonyl (C=O) groups is 1. The molecule has 0 saturated carbocycles. The molecule has 1 fully saturated rings. The lowest BCUT2D eigenvalue weighted by atomic mass is 9.93. The Morgan fingerprint density at radius 3 is 2.50 bits per heavy atom. The van der Waals surface area contributed by atoms with Crippen molar-refractivity contribution in [1.82, 2.24) is 10.2 Å². The number of hydrogen-bond acceptors (Lipinski definition) is 3. The standard InChI is InChI=1S/C18H18N2O2/c21-17-13-8-4-5-9-14(13)18(22)20(17)16-11-19-10-15(16)12-6-2-1-3-7-12/h1-9,15-17,19,21H,10-11H2. The number of benzene rings is 2. The summed E-state index contributed by atoms with van der Waals surface area (Å²) in [6.45, 7) is 1.53. The minimum atomic E-state index is -0.847. The molecule has 22 heavy (non-hydrogen) atoms. The van der Waals surface area contributed by atoms with E-state index in [4.69, 9.17) is 0 Å². The van der Waals surface area contributed by atoms with E-state index in [1.807, 2.05) is 36.4 Å². The second-order valence-electron chi connectivity index (χ2n) is 5.92. The number of rotatable bonds is 2. The van der Waals surface area contributed by atoms with Gasteiger partial charge in [-0.2, -0.15) is 0 Å². The van der Waals surface area contributed by atoms with Gasteiger partial charge < -0.3 is 15.3 Å². The van der Waals surface area contributed by atoms with Crippen LogP contribution in [0, 0.1) is 0 Å². The van der Waals surface area contributed by atoms with Gasteiger partial charge in [-0.15, -0.1) is 0 Å². The third kappa shape index (κ3) is 1.95. The van der Waals surface area contributed by atoms with Crippen molar-refractivity contribution in [3.63, 3.8) is 0 Å². The Bertz CT molecular complexity index is 701. The van der Waals surface area contributed by atoms with Gasteiger partial charge in [0.15, 0.2) is 6.23 Å². The molecular weight excluding hydrogens is 276 g/mol. The van der Waals surface area contributed by atoms with Crippen LogP contribution < -0.4 is 5.32 Å². The van der Waals surface area contributed by atoms with Gasteiger partial charge in [-0.25, -0.2) is 0 Å². The van der Waals surface area contributed by atoms with Gasteiger partial charge in [-0.1, -0.05) is 48.5 Å². The zero-order valence-electron chi connectivity index (χ0n) is 12.1. The summed E-state index contributed by atoms with van der Waals surface area (Å²) in [4.78, 5) is 14.4. The predicted octanol–water partition coefficient (Wildman–Crippen LogP) is 1.89. The van der Waals surface area contributed by atoms with Crippen molar-refractivity contribution < 1.29 is 9.90 Å². The number of aliphatic hydroxyl groups is 1. The van der Waals surface area contributed by atoms with Crippen LogP contribution in [-0.4, -0.2) is 35.0 Å². The third-order valence-corrected chi connectivity index (χ3v) is 4.73. The number of nitrogens with zero attached hydrogens (tertiary/aromatic N) is 1. The highest BCUT2D eigenvalue weighted by Crippen LogP contribution is 2.38. The molecule has 2 aliphatic heterocycles. The molecule has 4 nitrogen and oxygen atoms in total. The summed E-state index contributed by atoms with van der Waals surface area (Å²) in [6.07, 6.45) is -0.847. The van der Waals surface area contributed by atoms with E-state index < -0.39 is 6.23 Å². The van der Waals surface area contributed by atoms with Gasteiger partial charge in [0.05, 0.1) is 6.04 Å². The van der Waals surface area contributed by atoms with Crippen LogP contribution in [-0.2, 0) is 0 Å². The minimum Gasteiger partial charge on any atom is -0.369 e. The quantitative estimate of drug-likeness (QED) is 0.889. The van der Waals surface area contributed by atoms with Crippen molar-refractivity contribution in [3.8, 4) is 0 Å². The van der Waals surface area contributed by atoms with Gasteiger partial charge in [-0.3, -0.25) is 4.79 Å². The number of carbonyl (C=O) groups excluding carboxylic acids is 1. The first kappa shape index (κ1) is 13.5. The monoisotopic (exact) mass is 294 g/mol. The van der Waals surface area contributed by atoms with Crippen molar-refractivity contribution in [2.24, 2.45) is 0 Å². The van der Waals surface area contributed by atoms with E-state index in [9.17, 15) is 9.90 Å². The van der Waals surface area contributed by atoms with Crippen molar-refractivity contribution in [2.45, 2.75) is 18.2 Å². The van der Waals surface area contributed by atoms with Gasteiger partial charge in [0, 0.05) is 30.1 Å². The molecule has 2 N–H and O–H groups in total. The largest absolute Gasteiger partial charge is 0.369 e. The summed E-state index contributed by atoms with van der Waals surface area (Å²) >= 11 is 0. The van der Waals surface area contributed by atoms with Crippen LogP contribution in [0.3, 0.4) is 0 Å². The van der Waals surface area contributed by atoms with Crippen molar-refractivity contribution in [1.29, 1.82) is 0 Å². The molecular formula is C18H18N2O2. The summed E-state index contributed by atoms with van der Waals surface area (Å²) in [7, 11) is 0. The van der Waals surface area contributed by atoms with Gasteiger partial charge in [0.2, 0.25) is 0 Å². The maximum atomic E-state index is 12.7. The summed E-state index contributed by atoms with van der Waals surface area (Å²) < 4.78 is 0. The van der Waals surface area contributed by atoms with E-state index in [2.05, 4.69) is 17.4 Å². The highest BCUT2D eigenvalue weighted by Gasteiger charge is 2.44. The average Bonchev–Trinajstić information content (AvgIpc) is 3.13.